The minimum absolute atomic E-state index is 0.129. The van der Waals surface area contributed by atoms with Crippen molar-refractivity contribution in [3.63, 3.8) is 0 Å². The Labute approximate surface area is 269 Å². The molecule has 1 unspecified atom stereocenters. The molecule has 1 aliphatic heterocycles. The summed E-state index contributed by atoms with van der Waals surface area (Å²) in [5, 5.41) is 10.1. The monoisotopic (exact) mass is 639 g/mol. The molecule has 0 radical (unpaired) electrons. The van der Waals surface area contributed by atoms with Crippen molar-refractivity contribution < 1.29 is 27.4 Å². The maximum atomic E-state index is 13.7. The number of benzene rings is 2. The molecule has 5 rings (SSSR count). The van der Waals surface area contributed by atoms with E-state index in [-0.39, 0.29) is 30.1 Å². The average molecular weight is 640 g/mol. The number of rotatable bonds is 9. The van der Waals surface area contributed by atoms with Gasteiger partial charge in [-0.05, 0) is 94.3 Å². The van der Waals surface area contributed by atoms with Crippen molar-refractivity contribution in [1.29, 1.82) is 0 Å². The van der Waals surface area contributed by atoms with Gasteiger partial charge in [0.05, 0.1) is 36.7 Å². The maximum Gasteiger partial charge on any atom is 0.406 e. The van der Waals surface area contributed by atoms with Crippen molar-refractivity contribution in [3.8, 4) is 17.6 Å². The molecule has 2 heterocycles. The van der Waals surface area contributed by atoms with E-state index in [1.807, 2.05) is 6.07 Å². The summed E-state index contributed by atoms with van der Waals surface area (Å²) in [5.74, 6) is 6.15. The zero-order chi connectivity index (χ0) is 32.9. The van der Waals surface area contributed by atoms with Crippen LogP contribution < -0.4 is 20.7 Å². The predicted octanol–water partition coefficient (Wildman–Crippen LogP) is 6.26. The van der Waals surface area contributed by atoms with Gasteiger partial charge in [0, 0.05) is 48.9 Å². The molecule has 1 amide bonds. The molecule has 3 aromatic rings. The van der Waals surface area contributed by atoms with Gasteiger partial charge in [-0.25, -0.2) is 0 Å². The fourth-order valence-electron chi connectivity index (χ4n) is 6.80. The first-order chi connectivity index (χ1) is 22.0. The van der Waals surface area contributed by atoms with E-state index in [2.05, 4.69) is 39.6 Å². The summed E-state index contributed by atoms with van der Waals surface area (Å²) >= 11 is 0. The fraction of sp³-hybridized carbons (Fsp3) is 0.514. The van der Waals surface area contributed by atoms with Crippen molar-refractivity contribution >= 4 is 28.2 Å². The Morgan fingerprint density at radius 1 is 1.09 bits per heavy atom. The third-order valence-corrected chi connectivity index (χ3v) is 9.45. The van der Waals surface area contributed by atoms with Crippen LogP contribution in [0.4, 0.5) is 24.5 Å². The Kier molecular flexibility index (Phi) is 10.4. The predicted molar refractivity (Wildman–Crippen MR) is 176 cm³/mol. The van der Waals surface area contributed by atoms with E-state index in [4.69, 9.17) is 9.47 Å². The first-order valence-corrected chi connectivity index (χ1v) is 15.9. The Hall–Kier alpha value is -3.88. The number of hydrogen-bond acceptors (Lipinski definition) is 6. The van der Waals surface area contributed by atoms with E-state index in [9.17, 15) is 18.0 Å². The van der Waals surface area contributed by atoms with Gasteiger partial charge in [0.2, 0.25) is 0 Å². The number of amides is 1. The average Bonchev–Trinajstić information content (AvgIpc) is 3.40. The normalized spacial score (nSPS) is 22.2. The molecule has 1 saturated carbocycles. The minimum Gasteiger partial charge on any atom is -0.495 e. The zero-order valence-electron chi connectivity index (χ0n) is 27.0. The summed E-state index contributed by atoms with van der Waals surface area (Å²) in [6.45, 7) is 3.45. The second kappa shape index (κ2) is 14.3. The summed E-state index contributed by atoms with van der Waals surface area (Å²) < 4.78 is 53.5. The summed E-state index contributed by atoms with van der Waals surface area (Å²) in [6, 6.07) is 12.4. The van der Waals surface area contributed by atoms with E-state index < -0.39 is 12.7 Å². The number of aromatic nitrogens is 1. The van der Waals surface area contributed by atoms with Crippen LogP contribution in [0, 0.1) is 11.8 Å². The van der Waals surface area contributed by atoms with E-state index >= 15 is 0 Å². The SMILES string of the molecule is CNC(=O)c1ccc(NCC#Cc2cc3c(NC4CCC(C)(N5CCCC(OC)C5)CC4)cccc3n2CC(F)(F)F)c(OC)c1. The number of methoxy groups -OCH3 is 2. The lowest BCUT2D eigenvalue weighted by Crippen LogP contribution is -2.55. The lowest BCUT2D eigenvalue weighted by Gasteiger charge is -2.49. The number of carbonyl (C=O) groups excluding carboxylic acids is 1. The molecule has 1 aromatic heterocycles. The molecular formula is C35H44F3N5O3. The standard InChI is InChI=1S/C35H44F3N5O3/c1-34(42-19-7-9-27(22-42)45-3)16-14-25(15-17-34)41-29-10-5-11-31-28(29)21-26(43(31)23-35(36,37)38)8-6-18-40-30-13-12-24(33(44)39-2)20-32(30)46-4/h5,10-13,20-21,25,27,40-41H,7,9,14-19,22-23H2,1-4H3,(H,39,44). The van der Waals surface area contributed by atoms with E-state index in [1.165, 1.54) is 11.7 Å². The molecule has 1 atom stereocenters. The van der Waals surface area contributed by atoms with Crippen molar-refractivity contribution in [1.82, 2.24) is 14.8 Å². The third-order valence-electron chi connectivity index (χ3n) is 9.45. The molecule has 11 heteroatoms. The molecule has 2 fully saturated rings. The van der Waals surface area contributed by atoms with Gasteiger partial charge in [-0.15, -0.1) is 0 Å². The molecule has 3 N–H and O–H groups in total. The first-order valence-electron chi connectivity index (χ1n) is 15.9. The van der Waals surface area contributed by atoms with Crippen molar-refractivity contribution in [2.24, 2.45) is 0 Å². The molecule has 8 nitrogen and oxygen atoms in total. The van der Waals surface area contributed by atoms with Crippen molar-refractivity contribution in [3.05, 3.63) is 53.7 Å². The molecule has 46 heavy (non-hydrogen) atoms. The largest absolute Gasteiger partial charge is 0.495 e. The quantitative estimate of drug-likeness (QED) is 0.240. The van der Waals surface area contributed by atoms with Crippen LogP contribution in [-0.2, 0) is 11.3 Å². The zero-order valence-corrected chi connectivity index (χ0v) is 27.0. The molecule has 0 bridgehead atoms. The molecular weight excluding hydrogens is 595 g/mol. The van der Waals surface area contributed by atoms with Gasteiger partial charge in [-0.3, -0.25) is 9.69 Å². The van der Waals surface area contributed by atoms with Crippen LogP contribution in [0.5, 0.6) is 5.75 Å². The van der Waals surface area contributed by atoms with Gasteiger partial charge < -0.3 is 30.0 Å². The van der Waals surface area contributed by atoms with Crippen LogP contribution in [0.15, 0.2) is 42.5 Å². The highest BCUT2D eigenvalue weighted by Crippen LogP contribution is 2.38. The number of fused-ring (bicyclic) bond motifs is 1. The van der Waals surface area contributed by atoms with Crippen LogP contribution in [-0.4, -0.2) is 80.1 Å². The number of anilines is 2. The number of alkyl halides is 3. The van der Waals surface area contributed by atoms with Crippen LogP contribution in [0.2, 0.25) is 0 Å². The highest BCUT2D eigenvalue weighted by molar-refractivity contribution is 5.95. The van der Waals surface area contributed by atoms with E-state index in [0.717, 1.165) is 62.7 Å². The number of nitrogens with zero attached hydrogens (tertiary/aromatic N) is 2. The van der Waals surface area contributed by atoms with Gasteiger partial charge in [-0.1, -0.05) is 12.0 Å². The number of carbonyl (C=O) groups is 1. The number of halogens is 3. The van der Waals surface area contributed by atoms with Gasteiger partial charge in [0.15, 0.2) is 0 Å². The maximum absolute atomic E-state index is 13.7. The molecule has 248 valence electrons. The first kappa shape index (κ1) is 33.5. The second-order valence-corrected chi connectivity index (χ2v) is 12.5. The molecule has 0 spiro atoms. The topological polar surface area (TPSA) is 79.8 Å². The Morgan fingerprint density at radius 2 is 1.87 bits per heavy atom. The number of ether oxygens (including phenoxy) is 2. The number of hydrogen-bond donors (Lipinski definition) is 3. The lowest BCUT2D eigenvalue weighted by molar-refractivity contribution is -0.140. The lowest BCUT2D eigenvalue weighted by atomic mass is 9.78. The molecule has 2 aliphatic rings. The van der Waals surface area contributed by atoms with Gasteiger partial charge >= 0.3 is 6.18 Å². The third kappa shape index (κ3) is 7.73. The Bertz CT molecular complexity index is 1580. The smallest absolute Gasteiger partial charge is 0.406 e. The van der Waals surface area contributed by atoms with E-state index in [0.29, 0.717) is 28.2 Å². The van der Waals surface area contributed by atoms with Gasteiger partial charge in [-0.2, -0.15) is 13.2 Å². The fourth-order valence-corrected chi connectivity index (χ4v) is 6.80. The van der Waals surface area contributed by atoms with Crippen LogP contribution >= 0.6 is 0 Å². The van der Waals surface area contributed by atoms with Crippen LogP contribution in [0.1, 0.15) is 61.5 Å². The van der Waals surface area contributed by atoms with Crippen LogP contribution in [0.3, 0.4) is 0 Å². The number of piperidine rings is 1. The summed E-state index contributed by atoms with van der Waals surface area (Å²) in [4.78, 5) is 14.5. The van der Waals surface area contributed by atoms with Crippen LogP contribution in [0.25, 0.3) is 10.9 Å². The summed E-state index contributed by atoms with van der Waals surface area (Å²) in [7, 11) is 4.84. The molecule has 1 aliphatic carbocycles. The summed E-state index contributed by atoms with van der Waals surface area (Å²) in [6.07, 6.45) is 2.20. The molecule has 2 aromatic carbocycles. The van der Waals surface area contributed by atoms with E-state index in [1.54, 1.807) is 50.6 Å². The minimum atomic E-state index is -4.41. The highest BCUT2D eigenvalue weighted by Gasteiger charge is 2.38. The van der Waals surface area contributed by atoms with Crippen molar-refractivity contribution in [2.75, 3.05) is 51.5 Å². The second-order valence-electron chi connectivity index (χ2n) is 12.5. The summed E-state index contributed by atoms with van der Waals surface area (Å²) in [5.41, 5.74) is 2.80. The Balaban J connectivity index is 1.31. The molecule has 1 saturated heterocycles. The number of likely N-dealkylation sites (tertiary alicyclic amines) is 1. The number of nitrogens with one attached hydrogen (secondary N) is 3. The van der Waals surface area contributed by atoms with Crippen molar-refractivity contribution in [2.45, 2.75) is 75.9 Å². The van der Waals surface area contributed by atoms with Gasteiger partial charge in [0.1, 0.15) is 12.3 Å². The Morgan fingerprint density at radius 3 is 2.57 bits per heavy atom. The highest BCUT2D eigenvalue weighted by atomic mass is 19.4. The van der Waals surface area contributed by atoms with Gasteiger partial charge in [0.25, 0.3) is 5.91 Å².